The monoisotopic (exact) mass is 534 g/mol. The summed E-state index contributed by atoms with van der Waals surface area (Å²) < 4.78 is 2.05. The van der Waals surface area contributed by atoms with Gasteiger partial charge in [0.1, 0.15) is 11.6 Å². The highest BCUT2D eigenvalue weighted by molar-refractivity contribution is 14.0. The van der Waals surface area contributed by atoms with E-state index in [0.29, 0.717) is 6.04 Å². The number of hydrogen-bond donors (Lipinski definition) is 2. The number of nitrogens with zero attached hydrogens (tertiary/aromatic N) is 6. The third-order valence-electron chi connectivity index (χ3n) is 5.53. The number of aliphatic imine (C=N–C) groups is 1. The number of rotatable bonds is 6. The summed E-state index contributed by atoms with van der Waals surface area (Å²) in [6.45, 7) is 4.92. The number of aryl methyl sites for hydroxylation is 2. The van der Waals surface area contributed by atoms with Crippen molar-refractivity contribution in [3.8, 4) is 0 Å². The molecule has 0 atom stereocenters. The molecule has 1 fully saturated rings. The lowest BCUT2D eigenvalue weighted by Crippen LogP contribution is -2.49. The highest BCUT2D eigenvalue weighted by atomic mass is 127. The fourth-order valence-corrected chi connectivity index (χ4v) is 3.80. The van der Waals surface area contributed by atoms with Crippen LogP contribution in [-0.2, 0) is 6.42 Å². The second-order valence-corrected chi connectivity index (χ2v) is 7.75. The van der Waals surface area contributed by atoms with E-state index >= 15 is 0 Å². The fraction of sp³-hybridized carbons (Fsp3) is 0.455. The summed E-state index contributed by atoms with van der Waals surface area (Å²) >= 11 is 0. The molecule has 2 N–H and O–H groups in total. The Bertz CT molecular complexity index is 977. The molecule has 0 aliphatic carbocycles. The van der Waals surface area contributed by atoms with E-state index in [1.165, 1.54) is 5.56 Å². The lowest BCUT2D eigenvalue weighted by Gasteiger charge is -2.33. The molecule has 4 heterocycles. The summed E-state index contributed by atoms with van der Waals surface area (Å²) in [5, 5.41) is 15.5. The van der Waals surface area contributed by atoms with Crippen LogP contribution in [-0.4, -0.2) is 58.3 Å². The van der Waals surface area contributed by atoms with Crippen LogP contribution >= 0.6 is 24.0 Å². The largest absolute Gasteiger partial charge is 0.356 e. The van der Waals surface area contributed by atoms with E-state index in [9.17, 15) is 0 Å². The Morgan fingerprint density at radius 1 is 1.16 bits per heavy atom. The molecule has 31 heavy (non-hydrogen) atoms. The van der Waals surface area contributed by atoms with Gasteiger partial charge in [-0.15, -0.1) is 34.2 Å². The average Bonchev–Trinajstić information content (AvgIpc) is 3.20. The van der Waals surface area contributed by atoms with Crippen LogP contribution in [0.4, 0.5) is 5.82 Å². The zero-order valence-corrected chi connectivity index (χ0v) is 20.5. The summed E-state index contributed by atoms with van der Waals surface area (Å²) in [4.78, 5) is 11.3. The molecule has 1 aliphatic heterocycles. The Morgan fingerprint density at radius 3 is 2.74 bits per heavy atom. The molecular weight excluding hydrogens is 503 g/mol. The third kappa shape index (κ3) is 6.05. The first-order valence-electron chi connectivity index (χ1n) is 10.7. The molecule has 1 saturated heterocycles. The Balaban J connectivity index is 0.00000272. The number of fused-ring (bicyclic) bond motifs is 1. The minimum absolute atomic E-state index is 0. The maximum Gasteiger partial charge on any atom is 0.191 e. The van der Waals surface area contributed by atoms with Crippen molar-refractivity contribution >= 4 is 41.4 Å². The number of pyridine rings is 2. The zero-order valence-electron chi connectivity index (χ0n) is 18.2. The molecule has 3 aromatic heterocycles. The molecule has 0 saturated carbocycles. The predicted octanol–water partition coefficient (Wildman–Crippen LogP) is 2.82. The van der Waals surface area contributed by atoms with Gasteiger partial charge in [-0.2, -0.15) is 0 Å². The van der Waals surface area contributed by atoms with Crippen LogP contribution in [0.1, 0.15) is 30.7 Å². The number of piperidine rings is 1. The van der Waals surface area contributed by atoms with Gasteiger partial charge in [0.25, 0.3) is 0 Å². The summed E-state index contributed by atoms with van der Waals surface area (Å²) in [5.41, 5.74) is 2.09. The molecule has 0 bridgehead atoms. The summed E-state index contributed by atoms with van der Waals surface area (Å²) in [6.07, 6.45) is 7.93. The van der Waals surface area contributed by atoms with Gasteiger partial charge in [-0.25, -0.2) is 4.98 Å². The first-order chi connectivity index (χ1) is 14.7. The molecule has 166 valence electrons. The van der Waals surface area contributed by atoms with Crippen molar-refractivity contribution in [1.82, 2.24) is 30.2 Å². The molecule has 0 amide bonds. The number of aromatic nitrogens is 4. The number of anilines is 1. The van der Waals surface area contributed by atoms with Crippen LogP contribution in [0.3, 0.4) is 0 Å². The van der Waals surface area contributed by atoms with E-state index in [1.807, 2.05) is 42.0 Å². The van der Waals surface area contributed by atoms with E-state index in [4.69, 9.17) is 0 Å². The molecule has 4 rings (SSSR count). The Morgan fingerprint density at radius 2 is 2.00 bits per heavy atom. The lowest BCUT2D eigenvalue weighted by molar-refractivity contribution is 0.459. The normalized spacial score (nSPS) is 15.0. The van der Waals surface area contributed by atoms with Crippen LogP contribution in [0.15, 0.2) is 47.7 Å². The topological polar surface area (TPSA) is 82.7 Å². The van der Waals surface area contributed by atoms with Gasteiger partial charge in [0, 0.05) is 51.5 Å². The van der Waals surface area contributed by atoms with Crippen LogP contribution < -0.4 is 15.5 Å². The second-order valence-electron chi connectivity index (χ2n) is 7.75. The molecule has 0 radical (unpaired) electrons. The van der Waals surface area contributed by atoms with Gasteiger partial charge in [0.15, 0.2) is 11.6 Å². The summed E-state index contributed by atoms with van der Waals surface area (Å²) in [5.74, 6) is 2.93. The number of hydrogen-bond acceptors (Lipinski definition) is 5. The SMILES string of the molecule is CN=C(NCCCc1nnc2ccccn12)NC1CCN(c2ccc(C)cn2)CC1.I. The maximum absolute atomic E-state index is 4.55. The third-order valence-corrected chi connectivity index (χ3v) is 5.53. The number of halogens is 1. The number of nitrogens with one attached hydrogen (secondary N) is 2. The van der Waals surface area contributed by atoms with Gasteiger partial charge in [0.2, 0.25) is 0 Å². The first-order valence-corrected chi connectivity index (χ1v) is 10.7. The van der Waals surface area contributed by atoms with Crippen molar-refractivity contribution in [2.45, 2.75) is 38.6 Å². The quantitative estimate of drug-likeness (QED) is 0.219. The van der Waals surface area contributed by atoms with Gasteiger partial charge >= 0.3 is 0 Å². The van der Waals surface area contributed by atoms with Crippen LogP contribution in [0, 0.1) is 6.92 Å². The van der Waals surface area contributed by atoms with E-state index in [1.54, 1.807) is 0 Å². The molecule has 1 aliphatic rings. The van der Waals surface area contributed by atoms with Crippen molar-refractivity contribution < 1.29 is 0 Å². The van der Waals surface area contributed by atoms with Crippen LogP contribution in [0.25, 0.3) is 5.65 Å². The Kier molecular flexibility index (Phi) is 8.44. The van der Waals surface area contributed by atoms with Crippen LogP contribution in [0.5, 0.6) is 0 Å². The Hall–Kier alpha value is -2.43. The lowest BCUT2D eigenvalue weighted by atomic mass is 10.1. The molecule has 9 heteroatoms. The van der Waals surface area contributed by atoms with Gasteiger partial charge in [0.05, 0.1) is 0 Å². The predicted molar refractivity (Wildman–Crippen MR) is 135 cm³/mol. The van der Waals surface area contributed by atoms with Crippen molar-refractivity contribution in [2.75, 3.05) is 31.6 Å². The van der Waals surface area contributed by atoms with Gasteiger partial charge < -0.3 is 15.5 Å². The molecular formula is C22H31IN8. The summed E-state index contributed by atoms with van der Waals surface area (Å²) in [6, 6.07) is 10.6. The molecule has 3 aromatic rings. The minimum atomic E-state index is 0. The van der Waals surface area contributed by atoms with E-state index in [-0.39, 0.29) is 24.0 Å². The molecule has 0 aromatic carbocycles. The minimum Gasteiger partial charge on any atom is -0.356 e. The van der Waals surface area contributed by atoms with Crippen LogP contribution in [0.2, 0.25) is 0 Å². The second kappa shape index (κ2) is 11.3. The molecule has 0 spiro atoms. The van der Waals surface area contributed by atoms with E-state index in [0.717, 1.165) is 68.6 Å². The van der Waals surface area contributed by atoms with Crippen molar-refractivity contribution in [2.24, 2.45) is 4.99 Å². The maximum atomic E-state index is 4.55. The smallest absolute Gasteiger partial charge is 0.191 e. The van der Waals surface area contributed by atoms with E-state index in [2.05, 4.69) is 54.8 Å². The van der Waals surface area contributed by atoms with Gasteiger partial charge in [-0.1, -0.05) is 12.1 Å². The van der Waals surface area contributed by atoms with Gasteiger partial charge in [-0.05, 0) is 49.9 Å². The standard InChI is InChI=1S/C22H30N8.HI/c1-17-8-9-19(25-16-17)29-14-10-18(11-15-29)26-22(23-2)24-12-5-7-21-28-27-20-6-3-4-13-30(20)21;/h3-4,6,8-9,13,16,18H,5,7,10-12,14-15H2,1-2H3,(H2,23,24,26);1H. The fourth-order valence-electron chi connectivity index (χ4n) is 3.80. The van der Waals surface area contributed by atoms with Crippen molar-refractivity contribution in [3.63, 3.8) is 0 Å². The van der Waals surface area contributed by atoms with Crippen molar-refractivity contribution in [3.05, 3.63) is 54.1 Å². The Labute approximate surface area is 200 Å². The van der Waals surface area contributed by atoms with Crippen molar-refractivity contribution in [1.29, 1.82) is 0 Å². The molecule has 0 unspecified atom stereocenters. The highest BCUT2D eigenvalue weighted by Gasteiger charge is 2.20. The van der Waals surface area contributed by atoms with Gasteiger partial charge in [-0.3, -0.25) is 9.39 Å². The average molecular weight is 534 g/mol. The first kappa shape index (κ1) is 23.2. The zero-order chi connectivity index (χ0) is 20.8. The summed E-state index contributed by atoms with van der Waals surface area (Å²) in [7, 11) is 1.83. The molecule has 8 nitrogen and oxygen atoms in total. The van der Waals surface area contributed by atoms with E-state index < -0.39 is 0 Å². The number of guanidine groups is 1. The highest BCUT2D eigenvalue weighted by Crippen LogP contribution is 2.18.